The molecule has 0 radical (unpaired) electrons. The molecule has 1 saturated heterocycles. The van der Waals surface area contributed by atoms with Crippen LogP contribution >= 0.6 is 0 Å². The van der Waals surface area contributed by atoms with Crippen molar-refractivity contribution in [2.24, 2.45) is 0 Å². The minimum atomic E-state index is -4.93. The van der Waals surface area contributed by atoms with Gasteiger partial charge in [0.1, 0.15) is 5.69 Å². The molecule has 3 nitrogen and oxygen atoms in total. The van der Waals surface area contributed by atoms with E-state index in [-0.39, 0.29) is 10.9 Å². The van der Waals surface area contributed by atoms with E-state index < -0.39 is 41.3 Å². The Morgan fingerprint density at radius 2 is 1.84 bits per heavy atom. The maximum absolute atomic E-state index is 13.2. The van der Waals surface area contributed by atoms with Crippen LogP contribution in [0.1, 0.15) is 35.8 Å². The minimum Gasteiger partial charge on any atom is -0.387 e. The number of nitrogens with one attached hydrogen (secondary N) is 1. The normalized spacial score (nSPS) is 20.2. The van der Waals surface area contributed by atoms with Gasteiger partial charge in [-0.3, -0.25) is 0 Å². The number of aliphatic hydroxyl groups is 1. The molecule has 0 spiro atoms. The second-order valence-corrected chi connectivity index (χ2v) is 5.94. The van der Waals surface area contributed by atoms with Crippen LogP contribution in [0.2, 0.25) is 0 Å². The van der Waals surface area contributed by atoms with E-state index in [1.165, 1.54) is 6.07 Å². The highest BCUT2D eigenvalue weighted by molar-refractivity contribution is 5.86. The Labute approximate surface area is 138 Å². The molecular formula is C16H14F6N2O. The van der Waals surface area contributed by atoms with Crippen LogP contribution in [0.4, 0.5) is 26.3 Å². The van der Waals surface area contributed by atoms with Gasteiger partial charge >= 0.3 is 12.4 Å². The van der Waals surface area contributed by atoms with Crippen LogP contribution in [-0.2, 0) is 12.4 Å². The highest BCUT2D eigenvalue weighted by atomic mass is 19.4. The van der Waals surface area contributed by atoms with E-state index in [2.05, 4.69) is 10.3 Å². The van der Waals surface area contributed by atoms with Gasteiger partial charge in [-0.25, -0.2) is 4.98 Å². The van der Waals surface area contributed by atoms with Crippen LogP contribution in [0.15, 0.2) is 24.3 Å². The summed E-state index contributed by atoms with van der Waals surface area (Å²) in [6, 6.07) is 3.14. The van der Waals surface area contributed by atoms with E-state index in [0.717, 1.165) is 12.5 Å². The molecule has 136 valence electrons. The van der Waals surface area contributed by atoms with E-state index in [0.29, 0.717) is 25.1 Å². The molecule has 0 aliphatic carbocycles. The molecule has 2 aromatic rings. The minimum absolute atomic E-state index is 0.135. The number of nitrogens with zero attached hydrogens (tertiary/aromatic N) is 1. The van der Waals surface area contributed by atoms with E-state index in [1.54, 1.807) is 0 Å². The van der Waals surface area contributed by atoms with Gasteiger partial charge < -0.3 is 10.4 Å². The molecule has 1 aromatic heterocycles. The summed E-state index contributed by atoms with van der Waals surface area (Å²) in [6.45, 7) is 0.588. The number of halogens is 6. The molecule has 1 fully saturated rings. The van der Waals surface area contributed by atoms with Gasteiger partial charge in [-0.2, -0.15) is 26.3 Å². The van der Waals surface area contributed by atoms with Gasteiger partial charge in [0.25, 0.3) is 0 Å². The zero-order valence-electron chi connectivity index (χ0n) is 12.7. The lowest BCUT2D eigenvalue weighted by Gasteiger charge is -2.22. The number of hydrogen-bond acceptors (Lipinski definition) is 3. The summed E-state index contributed by atoms with van der Waals surface area (Å²) in [4.78, 5) is 3.21. The van der Waals surface area contributed by atoms with Gasteiger partial charge in [0.2, 0.25) is 0 Å². The Bertz CT molecular complexity index is 781. The Morgan fingerprint density at radius 1 is 1.12 bits per heavy atom. The molecule has 2 N–H and O–H groups in total. The van der Waals surface area contributed by atoms with Gasteiger partial charge in [0, 0.05) is 11.4 Å². The summed E-state index contributed by atoms with van der Waals surface area (Å²) in [5, 5.41) is 13.3. The lowest BCUT2D eigenvalue weighted by molar-refractivity contribution is -0.142. The van der Waals surface area contributed by atoms with Crippen LogP contribution in [0, 0.1) is 0 Å². The summed E-state index contributed by atoms with van der Waals surface area (Å²) in [7, 11) is 0. The summed E-state index contributed by atoms with van der Waals surface area (Å²) in [5.74, 6) is 0. The zero-order chi connectivity index (χ0) is 18.4. The SMILES string of the molecule is O[C@@H](c1cc(C(F)(F)F)nc2c(C(F)(F)F)cccc12)[C@@H]1CCCN1. The fourth-order valence-electron chi connectivity index (χ4n) is 3.09. The van der Waals surface area contributed by atoms with Crippen LogP contribution in [0.25, 0.3) is 10.9 Å². The molecule has 1 aliphatic heterocycles. The van der Waals surface area contributed by atoms with Crippen molar-refractivity contribution in [3.05, 3.63) is 41.1 Å². The molecule has 0 amide bonds. The quantitative estimate of drug-likeness (QED) is 0.790. The molecule has 2 heterocycles. The fourth-order valence-corrected chi connectivity index (χ4v) is 3.09. The van der Waals surface area contributed by atoms with Gasteiger partial charge in [-0.1, -0.05) is 12.1 Å². The highest BCUT2D eigenvalue weighted by Crippen LogP contribution is 2.39. The molecular weight excluding hydrogens is 350 g/mol. The molecule has 2 atom stereocenters. The molecule has 1 aromatic carbocycles. The summed E-state index contributed by atoms with van der Waals surface area (Å²) < 4.78 is 78.9. The number of fused-ring (bicyclic) bond motifs is 1. The average molecular weight is 364 g/mol. The second kappa shape index (κ2) is 6.14. The van der Waals surface area contributed by atoms with Gasteiger partial charge in [0.05, 0.1) is 17.2 Å². The number of alkyl halides is 6. The van der Waals surface area contributed by atoms with E-state index in [9.17, 15) is 31.4 Å². The van der Waals surface area contributed by atoms with Crippen molar-refractivity contribution in [2.45, 2.75) is 37.3 Å². The number of rotatable bonds is 2. The summed E-state index contributed by atoms with van der Waals surface area (Å²) in [5.41, 5.74) is -3.73. The average Bonchev–Trinajstić information content (AvgIpc) is 3.05. The predicted octanol–water partition coefficient (Wildman–Crippen LogP) is 4.06. The van der Waals surface area contributed by atoms with E-state index in [4.69, 9.17) is 0 Å². The standard InChI is InChI=1S/C16H14F6N2O/c17-15(18,19)10-4-1-3-8-9(14(25)11-5-2-6-23-11)7-12(16(20,21)22)24-13(8)10/h1,3-4,7,11,14,23,25H,2,5-6H2/t11-,14-/m0/s1. The molecule has 3 rings (SSSR count). The smallest absolute Gasteiger partial charge is 0.387 e. The van der Waals surface area contributed by atoms with Gasteiger partial charge in [-0.15, -0.1) is 0 Å². The van der Waals surface area contributed by atoms with E-state index >= 15 is 0 Å². The first-order valence-corrected chi connectivity index (χ1v) is 7.58. The maximum Gasteiger partial charge on any atom is 0.433 e. The lowest BCUT2D eigenvalue weighted by atomic mass is 9.95. The van der Waals surface area contributed by atoms with Crippen molar-refractivity contribution < 1.29 is 31.4 Å². The first-order chi connectivity index (χ1) is 11.6. The Kier molecular flexibility index (Phi) is 4.40. The number of para-hydroxylation sites is 1. The van der Waals surface area contributed by atoms with Crippen molar-refractivity contribution in [3.8, 4) is 0 Å². The van der Waals surface area contributed by atoms with Crippen molar-refractivity contribution in [3.63, 3.8) is 0 Å². The number of benzene rings is 1. The van der Waals surface area contributed by atoms with Crippen LogP contribution in [0.3, 0.4) is 0 Å². The topological polar surface area (TPSA) is 45.2 Å². The second-order valence-electron chi connectivity index (χ2n) is 5.94. The zero-order valence-corrected chi connectivity index (χ0v) is 12.7. The largest absolute Gasteiger partial charge is 0.433 e. The molecule has 0 saturated carbocycles. The molecule has 0 bridgehead atoms. The Hall–Kier alpha value is -1.87. The van der Waals surface area contributed by atoms with Gasteiger partial charge in [0.15, 0.2) is 0 Å². The number of hydrogen-bond donors (Lipinski definition) is 2. The predicted molar refractivity (Wildman–Crippen MR) is 77.7 cm³/mol. The van der Waals surface area contributed by atoms with Crippen LogP contribution in [0.5, 0.6) is 0 Å². The maximum atomic E-state index is 13.2. The summed E-state index contributed by atoms with van der Waals surface area (Å²) in [6.07, 6.45) is -9.90. The Morgan fingerprint density at radius 3 is 2.40 bits per heavy atom. The Balaban J connectivity index is 2.27. The number of aromatic nitrogens is 1. The van der Waals surface area contributed by atoms with E-state index in [1.807, 2.05) is 0 Å². The number of pyridine rings is 1. The van der Waals surface area contributed by atoms with Crippen LogP contribution < -0.4 is 5.32 Å². The number of aliphatic hydroxyl groups excluding tert-OH is 1. The monoisotopic (exact) mass is 364 g/mol. The third-order valence-electron chi connectivity index (χ3n) is 4.27. The summed E-state index contributed by atoms with van der Waals surface area (Å²) >= 11 is 0. The highest BCUT2D eigenvalue weighted by Gasteiger charge is 2.38. The first-order valence-electron chi connectivity index (χ1n) is 7.58. The third-order valence-corrected chi connectivity index (χ3v) is 4.27. The lowest BCUT2D eigenvalue weighted by Crippen LogP contribution is -2.29. The van der Waals surface area contributed by atoms with Crippen molar-refractivity contribution >= 4 is 10.9 Å². The van der Waals surface area contributed by atoms with Gasteiger partial charge in [-0.05, 0) is 37.1 Å². The molecule has 25 heavy (non-hydrogen) atoms. The third kappa shape index (κ3) is 3.43. The molecule has 0 unspecified atom stereocenters. The van der Waals surface area contributed by atoms with Crippen molar-refractivity contribution in [2.75, 3.05) is 6.54 Å². The van der Waals surface area contributed by atoms with Crippen molar-refractivity contribution in [1.29, 1.82) is 0 Å². The fraction of sp³-hybridized carbons (Fsp3) is 0.438. The van der Waals surface area contributed by atoms with Crippen molar-refractivity contribution in [1.82, 2.24) is 10.3 Å². The van der Waals surface area contributed by atoms with Crippen LogP contribution in [-0.4, -0.2) is 22.7 Å². The molecule has 9 heteroatoms. The first kappa shape index (κ1) is 17.9. The molecule has 1 aliphatic rings.